The minimum Gasteiger partial charge on any atom is -0.466 e. The molecule has 0 saturated carbocycles. The van der Waals surface area contributed by atoms with Gasteiger partial charge in [-0.2, -0.15) is 0 Å². The zero-order valence-electron chi connectivity index (χ0n) is 42.5. The van der Waals surface area contributed by atoms with E-state index in [0.717, 1.165) is 64.2 Å². The maximum Gasteiger partial charge on any atom is 0.305 e. The van der Waals surface area contributed by atoms with Gasteiger partial charge in [0.1, 0.15) is 0 Å². The highest BCUT2D eigenvalue weighted by Crippen LogP contribution is 2.16. The Balaban J connectivity index is 3.56. The fourth-order valence-corrected chi connectivity index (χ4v) is 8.29. The van der Waals surface area contributed by atoms with Crippen LogP contribution in [-0.4, -0.2) is 47.4 Å². The third-order valence-corrected chi connectivity index (χ3v) is 12.6. The molecule has 374 valence electrons. The van der Waals surface area contributed by atoms with Crippen molar-refractivity contribution in [3.8, 4) is 0 Å². The van der Waals surface area contributed by atoms with E-state index in [0.29, 0.717) is 32.3 Å². The first kappa shape index (κ1) is 61.8. The maximum atomic E-state index is 12.4. The van der Waals surface area contributed by atoms with E-state index in [-0.39, 0.29) is 18.5 Å². The molecule has 0 aliphatic carbocycles. The van der Waals surface area contributed by atoms with E-state index in [2.05, 4.69) is 61.7 Å². The van der Waals surface area contributed by atoms with Gasteiger partial charge in [0, 0.05) is 12.8 Å². The van der Waals surface area contributed by atoms with Crippen LogP contribution in [0.4, 0.5) is 0 Å². The molecule has 1 amide bonds. The number of unbranched alkanes of at least 4 members (excludes halogenated alkanes) is 32. The van der Waals surface area contributed by atoms with Gasteiger partial charge >= 0.3 is 5.97 Å². The Morgan fingerprint density at radius 2 is 0.812 bits per heavy atom. The van der Waals surface area contributed by atoms with Crippen LogP contribution in [0.3, 0.4) is 0 Å². The Bertz CT molecular complexity index is 1080. The van der Waals surface area contributed by atoms with E-state index in [1.807, 2.05) is 6.08 Å². The van der Waals surface area contributed by atoms with Crippen LogP contribution in [-0.2, 0) is 14.3 Å². The highest BCUT2D eigenvalue weighted by molar-refractivity contribution is 5.76. The number of rotatable bonds is 51. The lowest BCUT2D eigenvalue weighted by atomic mass is 10.0. The molecular weight excluding hydrogens is 791 g/mol. The second-order valence-electron chi connectivity index (χ2n) is 18.9. The first-order valence-corrected chi connectivity index (χ1v) is 27.9. The van der Waals surface area contributed by atoms with Crippen LogP contribution >= 0.6 is 0 Å². The van der Waals surface area contributed by atoms with E-state index >= 15 is 0 Å². The molecule has 0 heterocycles. The van der Waals surface area contributed by atoms with Crippen molar-refractivity contribution in [2.45, 2.75) is 296 Å². The molecule has 2 unspecified atom stereocenters. The number of allylic oxidation sites excluding steroid dienone is 8. The lowest BCUT2D eigenvalue weighted by Crippen LogP contribution is -2.45. The van der Waals surface area contributed by atoms with Gasteiger partial charge in [-0.15, -0.1) is 0 Å². The van der Waals surface area contributed by atoms with Crippen LogP contribution in [0.25, 0.3) is 0 Å². The number of nitrogens with one attached hydrogen (secondary N) is 1. The summed E-state index contributed by atoms with van der Waals surface area (Å²) in [4.78, 5) is 24.5. The molecule has 0 aliphatic heterocycles. The number of hydrogen-bond donors (Lipinski definition) is 3. The molecule has 6 heteroatoms. The van der Waals surface area contributed by atoms with E-state index in [1.54, 1.807) is 0 Å². The summed E-state index contributed by atoms with van der Waals surface area (Å²) < 4.78 is 5.44. The molecule has 0 aromatic heterocycles. The first-order valence-electron chi connectivity index (χ1n) is 27.9. The molecule has 3 N–H and O–H groups in total. The fourth-order valence-electron chi connectivity index (χ4n) is 8.29. The number of aliphatic hydroxyl groups excluding tert-OH is 2. The van der Waals surface area contributed by atoms with Gasteiger partial charge in [0.2, 0.25) is 5.91 Å². The third-order valence-electron chi connectivity index (χ3n) is 12.6. The average molecular weight is 898 g/mol. The Labute approximate surface area is 397 Å². The van der Waals surface area contributed by atoms with E-state index in [9.17, 15) is 19.8 Å². The monoisotopic (exact) mass is 898 g/mol. The number of carbonyl (C=O) groups excluding carboxylic acids is 2. The topological polar surface area (TPSA) is 95.9 Å². The standard InChI is InChI=1S/C58H107NO5/c1-3-5-7-9-11-13-15-17-19-20-21-22-23-24-26-30-34-38-42-46-50-56(61)55(54-60)59-57(62)51-47-43-39-35-31-27-25-29-33-37-41-45-49-53-64-58(63)52-48-44-40-36-32-28-18-16-14-12-10-8-6-4-2/h10,12,16,18,27,31,39,43,55-56,60-61H,3-9,11,13-15,17,19-26,28-30,32-38,40-42,44-54H2,1-2H3,(H,59,62)/b12-10-,18-16-,31-27-,43-39-. The molecule has 64 heavy (non-hydrogen) atoms. The first-order chi connectivity index (χ1) is 31.5. The van der Waals surface area contributed by atoms with Crippen molar-refractivity contribution in [2.75, 3.05) is 13.2 Å². The van der Waals surface area contributed by atoms with E-state index in [1.165, 1.54) is 180 Å². The Hall–Kier alpha value is -2.18. The summed E-state index contributed by atoms with van der Waals surface area (Å²) in [7, 11) is 0. The summed E-state index contributed by atoms with van der Waals surface area (Å²) in [6.07, 6.45) is 66.7. The van der Waals surface area contributed by atoms with Gasteiger partial charge in [0.15, 0.2) is 0 Å². The van der Waals surface area contributed by atoms with Crippen LogP contribution in [0.2, 0.25) is 0 Å². The van der Waals surface area contributed by atoms with Crippen LogP contribution in [0.15, 0.2) is 48.6 Å². The highest BCUT2D eigenvalue weighted by Gasteiger charge is 2.19. The lowest BCUT2D eigenvalue weighted by molar-refractivity contribution is -0.143. The van der Waals surface area contributed by atoms with Gasteiger partial charge in [-0.05, 0) is 70.6 Å². The molecule has 0 fully saturated rings. The molecule has 0 spiro atoms. The highest BCUT2D eigenvalue weighted by atomic mass is 16.5. The SMILES string of the molecule is CCCC/C=C\C/C=C\CCCCCCCC(=O)OCCCCCCCC/C=C\C/C=C\CCC(=O)NC(CO)C(O)CCCCCCCCCCCCCCCCCCCCCC. The van der Waals surface area contributed by atoms with E-state index < -0.39 is 12.1 Å². The largest absolute Gasteiger partial charge is 0.466 e. The normalized spacial score (nSPS) is 13.0. The number of carbonyl (C=O) groups is 2. The van der Waals surface area contributed by atoms with Gasteiger partial charge in [-0.25, -0.2) is 0 Å². The smallest absolute Gasteiger partial charge is 0.305 e. The number of ether oxygens (including phenoxy) is 1. The predicted molar refractivity (Wildman–Crippen MR) is 278 cm³/mol. The van der Waals surface area contributed by atoms with Crippen molar-refractivity contribution in [3.63, 3.8) is 0 Å². The number of amides is 1. The van der Waals surface area contributed by atoms with Crippen LogP contribution < -0.4 is 5.32 Å². The molecule has 2 atom stereocenters. The summed E-state index contributed by atoms with van der Waals surface area (Å²) in [5, 5.41) is 23.2. The fraction of sp³-hybridized carbons (Fsp3) is 0.828. The molecule has 0 bridgehead atoms. The molecule has 0 saturated heterocycles. The summed E-state index contributed by atoms with van der Waals surface area (Å²) in [6.45, 7) is 4.85. The van der Waals surface area contributed by atoms with E-state index in [4.69, 9.17) is 4.74 Å². The van der Waals surface area contributed by atoms with Crippen LogP contribution in [0.5, 0.6) is 0 Å². The molecular formula is C58H107NO5. The molecule has 0 aromatic rings. The number of aliphatic hydroxyl groups is 2. The van der Waals surface area contributed by atoms with Crippen molar-refractivity contribution < 1.29 is 24.5 Å². The summed E-state index contributed by atoms with van der Waals surface area (Å²) in [5.41, 5.74) is 0. The van der Waals surface area contributed by atoms with Crippen molar-refractivity contribution in [2.24, 2.45) is 0 Å². The summed E-state index contributed by atoms with van der Waals surface area (Å²) in [6, 6.07) is -0.588. The zero-order chi connectivity index (χ0) is 46.5. The molecule has 0 aliphatic rings. The van der Waals surface area contributed by atoms with Gasteiger partial charge < -0.3 is 20.3 Å². The lowest BCUT2D eigenvalue weighted by Gasteiger charge is -2.22. The van der Waals surface area contributed by atoms with Crippen molar-refractivity contribution in [1.82, 2.24) is 5.32 Å². The quantitative estimate of drug-likeness (QED) is 0.0321. The van der Waals surface area contributed by atoms with Crippen molar-refractivity contribution in [1.29, 1.82) is 0 Å². The molecule has 0 aromatic carbocycles. The predicted octanol–water partition coefficient (Wildman–Crippen LogP) is 17.0. The van der Waals surface area contributed by atoms with Crippen molar-refractivity contribution >= 4 is 11.9 Å². The van der Waals surface area contributed by atoms with Crippen LogP contribution in [0, 0.1) is 0 Å². The average Bonchev–Trinajstić information content (AvgIpc) is 3.29. The Morgan fingerprint density at radius 3 is 1.27 bits per heavy atom. The third kappa shape index (κ3) is 49.3. The second kappa shape index (κ2) is 53.4. The van der Waals surface area contributed by atoms with Crippen molar-refractivity contribution in [3.05, 3.63) is 48.6 Å². The van der Waals surface area contributed by atoms with Gasteiger partial charge in [0.25, 0.3) is 0 Å². The zero-order valence-corrected chi connectivity index (χ0v) is 42.5. The number of hydrogen-bond acceptors (Lipinski definition) is 5. The maximum absolute atomic E-state index is 12.4. The minimum absolute atomic E-state index is 0.0318. The van der Waals surface area contributed by atoms with Crippen LogP contribution in [0.1, 0.15) is 284 Å². The molecule has 6 nitrogen and oxygen atoms in total. The van der Waals surface area contributed by atoms with Gasteiger partial charge in [-0.3, -0.25) is 9.59 Å². The molecule has 0 rings (SSSR count). The summed E-state index contributed by atoms with van der Waals surface area (Å²) in [5.74, 6) is -0.147. The number of esters is 1. The van der Waals surface area contributed by atoms with Gasteiger partial charge in [0.05, 0.1) is 25.4 Å². The Morgan fingerprint density at radius 1 is 0.438 bits per heavy atom. The summed E-state index contributed by atoms with van der Waals surface area (Å²) >= 11 is 0. The molecule has 0 radical (unpaired) electrons. The van der Waals surface area contributed by atoms with Gasteiger partial charge in [-0.1, -0.05) is 249 Å². The second-order valence-corrected chi connectivity index (χ2v) is 18.9. The minimum atomic E-state index is -0.701. The Kier molecular flexibility index (Phi) is 51.6.